The summed E-state index contributed by atoms with van der Waals surface area (Å²) in [5.74, 6) is -2.87. The number of hydrogen-bond acceptors (Lipinski definition) is 8. The molecule has 10 nitrogen and oxygen atoms in total. The van der Waals surface area contributed by atoms with Crippen molar-refractivity contribution >= 4 is 59.6 Å². The summed E-state index contributed by atoms with van der Waals surface area (Å²) in [6.07, 6.45) is 1.92. The molecule has 244 valence electrons. The Morgan fingerprint density at radius 2 is 1.62 bits per heavy atom. The minimum atomic E-state index is -4.43. The number of carbonyl (C=O) groups is 2. The summed E-state index contributed by atoms with van der Waals surface area (Å²) in [6.45, 7) is 6.55. The van der Waals surface area contributed by atoms with E-state index in [1.54, 1.807) is 24.3 Å². The molecule has 0 saturated carbocycles. The van der Waals surface area contributed by atoms with Crippen molar-refractivity contribution in [1.82, 2.24) is 5.32 Å². The number of nitrogens with one attached hydrogen (secondary N) is 3. The molecule has 4 aromatic carbocycles. The van der Waals surface area contributed by atoms with E-state index >= 15 is 0 Å². The Bertz CT molecular complexity index is 2190. The SMILES string of the molecule is CC(C)(C)CCC1(NCc2ccc3ccccc3c2)C(=O)C(C2=NS(=O)(=O)c3cc(NS(C)(=O)=O)ccc3N2)C(=O)c2ccccc21. The number of rotatable bonds is 8. The van der Waals surface area contributed by atoms with Crippen LogP contribution in [0.4, 0.5) is 11.4 Å². The van der Waals surface area contributed by atoms with Crippen LogP contribution in [0.15, 0.2) is 94.2 Å². The maximum atomic E-state index is 14.9. The molecule has 2 unspecified atom stereocenters. The van der Waals surface area contributed by atoms with Gasteiger partial charge in [-0.05, 0) is 64.4 Å². The van der Waals surface area contributed by atoms with E-state index in [-0.39, 0.29) is 27.5 Å². The molecule has 0 radical (unpaired) electrons. The van der Waals surface area contributed by atoms with Crippen LogP contribution in [0.5, 0.6) is 0 Å². The second-order valence-corrected chi connectivity index (χ2v) is 16.7. The summed E-state index contributed by atoms with van der Waals surface area (Å²) in [5, 5.41) is 8.63. The Morgan fingerprint density at radius 1 is 0.915 bits per heavy atom. The summed E-state index contributed by atoms with van der Waals surface area (Å²) in [5.41, 5.74) is 0.423. The zero-order valence-corrected chi connectivity index (χ0v) is 28.1. The Hall–Kier alpha value is -4.39. The van der Waals surface area contributed by atoms with Gasteiger partial charge in [-0.1, -0.05) is 81.4 Å². The number of nitrogens with zero attached hydrogens (tertiary/aromatic N) is 1. The third-order valence-corrected chi connectivity index (χ3v) is 10.5. The molecular formula is C35H36N4O6S2. The van der Waals surface area contributed by atoms with Crippen molar-refractivity contribution in [2.24, 2.45) is 15.7 Å². The maximum Gasteiger partial charge on any atom is 0.286 e. The largest absolute Gasteiger partial charge is 0.341 e. The van der Waals surface area contributed by atoms with Gasteiger partial charge in [0.1, 0.15) is 22.2 Å². The van der Waals surface area contributed by atoms with Gasteiger partial charge in [-0.2, -0.15) is 8.42 Å². The van der Waals surface area contributed by atoms with Crippen LogP contribution in [-0.2, 0) is 36.9 Å². The predicted octanol–water partition coefficient (Wildman–Crippen LogP) is 5.62. The van der Waals surface area contributed by atoms with Crippen molar-refractivity contribution < 1.29 is 26.4 Å². The fourth-order valence-electron chi connectivity index (χ4n) is 6.25. The molecule has 0 fully saturated rings. The highest BCUT2D eigenvalue weighted by Crippen LogP contribution is 2.43. The number of ketones is 2. The highest BCUT2D eigenvalue weighted by Gasteiger charge is 2.54. The fourth-order valence-corrected chi connectivity index (χ4v) is 7.98. The highest BCUT2D eigenvalue weighted by atomic mass is 32.2. The fraction of sp³-hybridized carbons (Fsp3) is 0.286. The first-order chi connectivity index (χ1) is 22.1. The van der Waals surface area contributed by atoms with Crippen molar-refractivity contribution in [3.63, 3.8) is 0 Å². The van der Waals surface area contributed by atoms with Crippen LogP contribution in [0, 0.1) is 11.3 Å². The summed E-state index contributed by atoms with van der Waals surface area (Å²) in [7, 11) is -8.10. The highest BCUT2D eigenvalue weighted by molar-refractivity contribution is 7.92. The van der Waals surface area contributed by atoms with Gasteiger partial charge in [-0.3, -0.25) is 19.6 Å². The molecule has 6 rings (SSSR count). The minimum absolute atomic E-state index is 0.0353. The van der Waals surface area contributed by atoms with E-state index in [9.17, 15) is 26.4 Å². The van der Waals surface area contributed by atoms with E-state index < -0.39 is 43.1 Å². The number of anilines is 2. The van der Waals surface area contributed by atoms with Gasteiger partial charge in [0.15, 0.2) is 11.6 Å². The number of sulfonamides is 2. The molecule has 0 bridgehead atoms. The van der Waals surface area contributed by atoms with E-state index in [0.717, 1.165) is 28.7 Å². The molecule has 0 spiro atoms. The molecule has 0 amide bonds. The number of benzene rings is 4. The number of fused-ring (bicyclic) bond motifs is 3. The average molecular weight is 673 g/mol. The molecule has 0 saturated heterocycles. The van der Waals surface area contributed by atoms with E-state index in [1.165, 1.54) is 12.1 Å². The molecule has 2 aliphatic rings. The Labute approximate surface area is 274 Å². The van der Waals surface area contributed by atoms with E-state index in [0.29, 0.717) is 30.5 Å². The lowest BCUT2D eigenvalue weighted by Crippen LogP contribution is -2.59. The first-order valence-corrected chi connectivity index (χ1v) is 18.5. The van der Waals surface area contributed by atoms with E-state index in [1.807, 2.05) is 36.4 Å². The van der Waals surface area contributed by atoms with E-state index in [2.05, 4.69) is 46.6 Å². The molecule has 0 aromatic heterocycles. The van der Waals surface area contributed by atoms with Gasteiger partial charge in [0.25, 0.3) is 10.0 Å². The normalized spacial score (nSPS) is 20.6. The number of hydrogen-bond donors (Lipinski definition) is 3. The standard InChI is InChI=1S/C35H36N4O6S2/c1-34(2,3)17-18-35(36-21-22-13-14-23-9-5-6-10-24(23)19-22)27-12-8-7-11-26(27)31(40)30(32(35)41)33-37-28-16-15-25(38-46(4,42)43)20-29(28)47(44,45)39-33/h5-16,19-20,30,36,38H,17-18,21H2,1-4H3,(H,37,39). The molecule has 1 aliphatic heterocycles. The smallest absolute Gasteiger partial charge is 0.286 e. The molecule has 3 N–H and O–H groups in total. The predicted molar refractivity (Wildman–Crippen MR) is 184 cm³/mol. The van der Waals surface area contributed by atoms with Crippen molar-refractivity contribution in [2.75, 3.05) is 16.3 Å². The zero-order chi connectivity index (χ0) is 33.8. The summed E-state index contributed by atoms with van der Waals surface area (Å²) in [6, 6.07) is 25.0. The van der Waals surface area contributed by atoms with Crippen molar-refractivity contribution in [2.45, 2.75) is 50.6 Å². The van der Waals surface area contributed by atoms with Gasteiger partial charge in [0.2, 0.25) is 10.0 Å². The molecular weight excluding hydrogens is 637 g/mol. The van der Waals surface area contributed by atoms with E-state index in [4.69, 9.17) is 0 Å². The molecule has 1 heterocycles. The van der Waals surface area contributed by atoms with Crippen molar-refractivity contribution in [3.05, 3.63) is 102 Å². The van der Waals surface area contributed by atoms with Crippen molar-refractivity contribution in [1.29, 1.82) is 0 Å². The second-order valence-electron chi connectivity index (χ2n) is 13.4. The lowest BCUT2D eigenvalue weighted by molar-refractivity contribution is -0.128. The van der Waals surface area contributed by atoms with Crippen LogP contribution in [0.3, 0.4) is 0 Å². The maximum absolute atomic E-state index is 14.9. The van der Waals surface area contributed by atoms with Crippen LogP contribution in [0.2, 0.25) is 0 Å². The van der Waals surface area contributed by atoms with Gasteiger partial charge in [-0.25, -0.2) is 8.42 Å². The number of amidine groups is 1. The average Bonchev–Trinajstić information content (AvgIpc) is 3.00. The number of Topliss-reactive ketones (excluding diaryl/α,β-unsaturated/α-hetero) is 2. The van der Waals surface area contributed by atoms with Gasteiger partial charge in [0, 0.05) is 17.8 Å². The Morgan fingerprint density at radius 3 is 2.34 bits per heavy atom. The summed E-state index contributed by atoms with van der Waals surface area (Å²) < 4.78 is 56.7. The summed E-state index contributed by atoms with van der Waals surface area (Å²) in [4.78, 5) is 28.8. The van der Waals surface area contributed by atoms with Crippen LogP contribution in [0.1, 0.15) is 55.1 Å². The van der Waals surface area contributed by atoms with Crippen LogP contribution in [0.25, 0.3) is 10.8 Å². The third-order valence-electron chi connectivity index (χ3n) is 8.57. The zero-order valence-electron chi connectivity index (χ0n) is 26.5. The molecule has 12 heteroatoms. The Balaban J connectivity index is 1.44. The lowest BCUT2D eigenvalue weighted by Gasteiger charge is -2.43. The van der Waals surface area contributed by atoms with Crippen LogP contribution >= 0.6 is 0 Å². The monoisotopic (exact) mass is 672 g/mol. The Kier molecular flexibility index (Phi) is 8.10. The molecule has 1 aliphatic carbocycles. The first-order valence-electron chi connectivity index (χ1n) is 15.2. The molecule has 47 heavy (non-hydrogen) atoms. The van der Waals surface area contributed by atoms with Crippen molar-refractivity contribution in [3.8, 4) is 0 Å². The minimum Gasteiger partial charge on any atom is -0.341 e. The van der Waals surface area contributed by atoms with Gasteiger partial charge in [-0.15, -0.1) is 4.40 Å². The van der Waals surface area contributed by atoms with Gasteiger partial charge in [0.05, 0.1) is 11.9 Å². The summed E-state index contributed by atoms with van der Waals surface area (Å²) >= 11 is 0. The van der Waals surface area contributed by atoms with Crippen LogP contribution in [-0.4, -0.2) is 40.5 Å². The molecule has 4 aromatic rings. The lowest BCUT2D eigenvalue weighted by atomic mass is 9.66. The quantitative estimate of drug-likeness (QED) is 0.204. The second kappa shape index (κ2) is 11.7. The first kappa shape index (κ1) is 32.5. The van der Waals surface area contributed by atoms with Gasteiger partial charge < -0.3 is 5.32 Å². The van der Waals surface area contributed by atoms with Crippen LogP contribution < -0.4 is 15.4 Å². The third kappa shape index (κ3) is 6.45. The molecule has 2 atom stereocenters. The van der Waals surface area contributed by atoms with Gasteiger partial charge >= 0.3 is 0 Å². The number of carbonyl (C=O) groups excluding carboxylic acids is 2. The topological polar surface area (TPSA) is 151 Å².